The summed E-state index contributed by atoms with van der Waals surface area (Å²) in [6.07, 6.45) is 1.49. The smallest absolute Gasteiger partial charge is 0.309 e. The van der Waals surface area contributed by atoms with E-state index in [2.05, 4.69) is 15.0 Å². The first kappa shape index (κ1) is 15.9. The Morgan fingerprint density at radius 2 is 2.00 bits per heavy atom. The number of piperidine rings is 1. The standard InChI is InChI=1S/C15H23N5O3/c1-10-16-12(19(3)17-10)9-20-6-4-15(5-7-20)11(14(22)23)8-13(21)18(15)2/h11H,4-9H2,1-3H3,(H,22,23). The van der Waals surface area contributed by atoms with Crippen LogP contribution in [0.15, 0.2) is 0 Å². The molecule has 1 unspecified atom stereocenters. The van der Waals surface area contributed by atoms with Gasteiger partial charge in [0.05, 0.1) is 18.0 Å². The van der Waals surface area contributed by atoms with Crippen molar-refractivity contribution in [3.63, 3.8) is 0 Å². The van der Waals surface area contributed by atoms with Crippen LogP contribution in [0.25, 0.3) is 0 Å². The maximum atomic E-state index is 12.0. The molecule has 2 fully saturated rings. The third kappa shape index (κ3) is 2.60. The number of carboxylic acid groups (broad SMARTS) is 1. The third-order valence-corrected chi connectivity index (χ3v) is 5.41. The Kier molecular flexibility index (Phi) is 3.87. The number of carbonyl (C=O) groups excluding carboxylic acids is 1. The number of aromatic nitrogens is 3. The second-order valence-electron chi connectivity index (χ2n) is 6.63. The molecule has 0 bridgehead atoms. The van der Waals surface area contributed by atoms with Gasteiger partial charge in [-0.15, -0.1) is 0 Å². The van der Waals surface area contributed by atoms with Gasteiger partial charge in [0.15, 0.2) is 0 Å². The number of carbonyl (C=O) groups is 2. The lowest BCUT2D eigenvalue weighted by Crippen LogP contribution is -2.56. The maximum Gasteiger partial charge on any atom is 0.309 e. The van der Waals surface area contributed by atoms with Crippen molar-refractivity contribution in [1.29, 1.82) is 0 Å². The number of amides is 1. The van der Waals surface area contributed by atoms with Crippen molar-refractivity contribution in [2.75, 3.05) is 20.1 Å². The van der Waals surface area contributed by atoms with Crippen molar-refractivity contribution in [1.82, 2.24) is 24.6 Å². The van der Waals surface area contributed by atoms with E-state index in [0.29, 0.717) is 19.4 Å². The average molecular weight is 321 g/mol. The van der Waals surface area contributed by atoms with Crippen LogP contribution in [0.1, 0.15) is 30.9 Å². The summed E-state index contributed by atoms with van der Waals surface area (Å²) in [4.78, 5) is 31.9. The molecular weight excluding hydrogens is 298 g/mol. The zero-order valence-corrected chi connectivity index (χ0v) is 13.8. The molecule has 3 heterocycles. The fraction of sp³-hybridized carbons (Fsp3) is 0.733. The van der Waals surface area contributed by atoms with Gasteiger partial charge in [0.1, 0.15) is 11.6 Å². The molecule has 23 heavy (non-hydrogen) atoms. The normalized spacial score (nSPS) is 24.6. The molecule has 0 saturated carbocycles. The molecule has 2 aliphatic rings. The van der Waals surface area contributed by atoms with E-state index in [1.165, 1.54) is 0 Å². The van der Waals surface area contributed by atoms with Gasteiger partial charge in [-0.1, -0.05) is 0 Å². The van der Waals surface area contributed by atoms with Gasteiger partial charge in [-0.2, -0.15) is 5.10 Å². The van der Waals surface area contributed by atoms with Gasteiger partial charge in [-0.25, -0.2) is 4.98 Å². The molecule has 1 N–H and O–H groups in total. The van der Waals surface area contributed by atoms with Gasteiger partial charge < -0.3 is 10.0 Å². The summed E-state index contributed by atoms with van der Waals surface area (Å²) < 4.78 is 1.78. The van der Waals surface area contributed by atoms with E-state index in [0.717, 1.165) is 24.7 Å². The number of hydrogen-bond donors (Lipinski definition) is 1. The summed E-state index contributed by atoms with van der Waals surface area (Å²) in [6.45, 7) is 4.08. The van der Waals surface area contributed by atoms with Crippen LogP contribution in [-0.2, 0) is 23.2 Å². The lowest BCUT2D eigenvalue weighted by molar-refractivity contribution is -0.146. The number of hydrogen-bond acceptors (Lipinski definition) is 5. The molecule has 0 aliphatic carbocycles. The molecule has 1 aromatic heterocycles. The maximum absolute atomic E-state index is 12.0. The highest BCUT2D eigenvalue weighted by Crippen LogP contribution is 2.42. The molecule has 8 heteroatoms. The number of nitrogens with zero attached hydrogens (tertiary/aromatic N) is 5. The highest BCUT2D eigenvalue weighted by atomic mass is 16.4. The van der Waals surface area contributed by atoms with E-state index in [-0.39, 0.29) is 12.3 Å². The van der Waals surface area contributed by atoms with E-state index in [1.807, 2.05) is 14.0 Å². The van der Waals surface area contributed by atoms with Crippen molar-refractivity contribution >= 4 is 11.9 Å². The minimum atomic E-state index is -0.861. The van der Waals surface area contributed by atoms with Crippen molar-refractivity contribution in [2.45, 2.75) is 38.3 Å². The molecule has 3 rings (SSSR count). The average Bonchev–Trinajstić information content (AvgIpc) is 2.93. The Morgan fingerprint density at radius 3 is 2.52 bits per heavy atom. The lowest BCUT2D eigenvalue weighted by atomic mass is 9.77. The van der Waals surface area contributed by atoms with E-state index >= 15 is 0 Å². The van der Waals surface area contributed by atoms with Crippen LogP contribution in [0.4, 0.5) is 0 Å². The van der Waals surface area contributed by atoms with Gasteiger partial charge in [-0.3, -0.25) is 19.2 Å². The quantitative estimate of drug-likeness (QED) is 0.844. The lowest BCUT2D eigenvalue weighted by Gasteiger charge is -2.45. The monoisotopic (exact) mass is 321 g/mol. The number of aliphatic carboxylic acids is 1. The fourth-order valence-electron chi connectivity index (χ4n) is 3.98. The molecule has 126 valence electrons. The SMILES string of the molecule is Cc1nc(CN2CCC3(CC2)C(C(=O)O)CC(=O)N3C)n(C)n1. The van der Waals surface area contributed by atoms with Crippen LogP contribution in [0, 0.1) is 12.8 Å². The van der Waals surface area contributed by atoms with Crippen LogP contribution in [0.2, 0.25) is 0 Å². The second kappa shape index (κ2) is 5.59. The number of aryl methyl sites for hydroxylation is 2. The largest absolute Gasteiger partial charge is 0.481 e. The first-order chi connectivity index (χ1) is 10.8. The molecule has 1 spiro atoms. The number of rotatable bonds is 3. The van der Waals surface area contributed by atoms with Gasteiger partial charge in [0.25, 0.3) is 0 Å². The zero-order valence-electron chi connectivity index (χ0n) is 13.8. The molecule has 8 nitrogen and oxygen atoms in total. The van der Waals surface area contributed by atoms with Gasteiger partial charge in [-0.05, 0) is 19.8 Å². The van der Waals surface area contributed by atoms with Crippen molar-refractivity contribution < 1.29 is 14.7 Å². The fourth-order valence-corrected chi connectivity index (χ4v) is 3.98. The molecule has 2 saturated heterocycles. The molecular formula is C15H23N5O3. The zero-order chi connectivity index (χ0) is 16.8. The Hall–Kier alpha value is -1.96. The number of carboxylic acids is 1. The second-order valence-corrected chi connectivity index (χ2v) is 6.63. The Morgan fingerprint density at radius 1 is 1.35 bits per heavy atom. The van der Waals surface area contributed by atoms with Crippen molar-refractivity contribution in [3.05, 3.63) is 11.6 Å². The van der Waals surface area contributed by atoms with Crippen molar-refractivity contribution in [2.24, 2.45) is 13.0 Å². The molecule has 2 aliphatic heterocycles. The van der Waals surface area contributed by atoms with Crippen LogP contribution in [0.5, 0.6) is 0 Å². The van der Waals surface area contributed by atoms with E-state index in [4.69, 9.17) is 0 Å². The van der Waals surface area contributed by atoms with E-state index in [9.17, 15) is 14.7 Å². The van der Waals surface area contributed by atoms with Crippen LogP contribution >= 0.6 is 0 Å². The van der Waals surface area contributed by atoms with Crippen LogP contribution < -0.4 is 0 Å². The van der Waals surface area contributed by atoms with Gasteiger partial charge in [0, 0.05) is 33.6 Å². The highest BCUT2D eigenvalue weighted by molar-refractivity contribution is 5.88. The predicted molar refractivity (Wildman–Crippen MR) is 81.5 cm³/mol. The minimum absolute atomic E-state index is 0.0604. The molecule has 1 amide bonds. The summed E-state index contributed by atoms with van der Waals surface area (Å²) in [6, 6.07) is 0. The van der Waals surface area contributed by atoms with Crippen molar-refractivity contribution in [3.8, 4) is 0 Å². The first-order valence-electron chi connectivity index (χ1n) is 7.92. The van der Waals surface area contributed by atoms with E-state index in [1.54, 1.807) is 16.6 Å². The molecule has 1 atom stereocenters. The molecule has 0 radical (unpaired) electrons. The highest BCUT2D eigenvalue weighted by Gasteiger charge is 2.55. The topological polar surface area (TPSA) is 91.6 Å². The number of likely N-dealkylation sites (tertiary alicyclic amines) is 2. The Labute approximate surface area is 135 Å². The van der Waals surface area contributed by atoms with Crippen LogP contribution in [0.3, 0.4) is 0 Å². The van der Waals surface area contributed by atoms with Crippen LogP contribution in [-0.4, -0.2) is 67.2 Å². The Bertz CT molecular complexity index is 633. The van der Waals surface area contributed by atoms with E-state index < -0.39 is 17.4 Å². The summed E-state index contributed by atoms with van der Waals surface area (Å²) in [5.74, 6) is 0.140. The molecule has 1 aromatic rings. The summed E-state index contributed by atoms with van der Waals surface area (Å²) in [5, 5.41) is 13.7. The first-order valence-corrected chi connectivity index (χ1v) is 7.92. The Balaban J connectivity index is 1.71. The minimum Gasteiger partial charge on any atom is -0.481 e. The summed E-state index contributed by atoms with van der Waals surface area (Å²) in [7, 11) is 3.62. The van der Waals surface area contributed by atoms with Gasteiger partial charge in [0.2, 0.25) is 5.91 Å². The third-order valence-electron chi connectivity index (χ3n) is 5.41. The predicted octanol–water partition coefficient (Wildman–Crippen LogP) is 0.0210. The summed E-state index contributed by atoms with van der Waals surface area (Å²) in [5.41, 5.74) is -0.533. The van der Waals surface area contributed by atoms with Gasteiger partial charge >= 0.3 is 5.97 Å². The summed E-state index contributed by atoms with van der Waals surface area (Å²) >= 11 is 0. The molecule has 0 aromatic carbocycles.